The van der Waals surface area contributed by atoms with Gasteiger partial charge in [-0.2, -0.15) is 0 Å². The molecule has 1 aromatic heterocycles. The summed E-state index contributed by atoms with van der Waals surface area (Å²) in [7, 11) is 0. The van der Waals surface area contributed by atoms with Gasteiger partial charge in [-0.15, -0.1) is 24.5 Å². The third-order valence-electron chi connectivity index (χ3n) is 3.57. The van der Waals surface area contributed by atoms with E-state index in [0.717, 1.165) is 23.5 Å². The van der Waals surface area contributed by atoms with E-state index in [1.165, 1.54) is 36.4 Å². The van der Waals surface area contributed by atoms with E-state index in [4.69, 9.17) is 4.74 Å². The maximum absolute atomic E-state index is 12.9. The van der Waals surface area contributed by atoms with Crippen molar-refractivity contribution in [3.63, 3.8) is 0 Å². The molecule has 0 radical (unpaired) electrons. The topological polar surface area (TPSA) is 60.5 Å². The molecule has 3 rings (SSSR count). The third kappa shape index (κ3) is 5.92. The van der Waals surface area contributed by atoms with Crippen LogP contribution in [0.4, 0.5) is 23.2 Å². The van der Waals surface area contributed by atoms with Gasteiger partial charge in [0.1, 0.15) is 33.8 Å². The van der Waals surface area contributed by atoms with Gasteiger partial charge in [-0.3, -0.25) is 4.79 Å². The van der Waals surface area contributed by atoms with Gasteiger partial charge in [-0.1, -0.05) is 0 Å². The van der Waals surface area contributed by atoms with Gasteiger partial charge in [0, 0.05) is 5.69 Å². The van der Waals surface area contributed by atoms with Gasteiger partial charge < -0.3 is 14.8 Å². The smallest absolute Gasteiger partial charge is 0.486 e. The number of aromatic nitrogens is 1. The molecular formula is C19H14F4N2O3S. The van der Waals surface area contributed by atoms with Gasteiger partial charge in [0.15, 0.2) is 0 Å². The number of carbonyl (C=O) groups is 1. The largest absolute Gasteiger partial charge is 0.573 e. The van der Waals surface area contributed by atoms with E-state index in [-0.39, 0.29) is 18.2 Å². The molecule has 0 spiro atoms. The second-order valence-electron chi connectivity index (χ2n) is 5.79. The zero-order chi connectivity index (χ0) is 21.0. The van der Waals surface area contributed by atoms with Crippen LogP contribution in [0.25, 0.3) is 0 Å². The summed E-state index contributed by atoms with van der Waals surface area (Å²) in [5.41, 5.74) is 0.795. The molecule has 0 aliphatic rings. The second kappa shape index (κ2) is 8.48. The molecule has 0 saturated heterocycles. The first-order valence-corrected chi connectivity index (χ1v) is 9.03. The van der Waals surface area contributed by atoms with Gasteiger partial charge in [-0.25, -0.2) is 9.37 Å². The Kier molecular flexibility index (Phi) is 6.02. The van der Waals surface area contributed by atoms with Crippen LogP contribution in [0.15, 0.2) is 48.5 Å². The van der Waals surface area contributed by atoms with Crippen molar-refractivity contribution in [3.8, 4) is 11.5 Å². The quantitative estimate of drug-likeness (QED) is 0.542. The van der Waals surface area contributed by atoms with Crippen LogP contribution in [0.2, 0.25) is 0 Å². The van der Waals surface area contributed by atoms with Gasteiger partial charge in [-0.05, 0) is 55.5 Å². The Morgan fingerprint density at radius 3 is 2.31 bits per heavy atom. The number of thiazole rings is 1. The lowest BCUT2D eigenvalue weighted by atomic mass is 10.3. The molecule has 1 amide bonds. The highest BCUT2D eigenvalue weighted by molar-refractivity contribution is 7.13. The lowest BCUT2D eigenvalue weighted by Crippen LogP contribution is -2.17. The lowest BCUT2D eigenvalue weighted by Gasteiger charge is -2.09. The molecule has 3 aromatic rings. The van der Waals surface area contributed by atoms with Crippen LogP contribution in [0, 0.1) is 12.7 Å². The molecule has 0 unspecified atom stereocenters. The van der Waals surface area contributed by atoms with Crippen LogP contribution in [0.1, 0.15) is 20.4 Å². The molecule has 1 heterocycles. The van der Waals surface area contributed by atoms with E-state index in [1.807, 2.05) is 0 Å². The highest BCUT2D eigenvalue weighted by Gasteiger charge is 2.31. The number of hydrogen-bond donors (Lipinski definition) is 1. The molecule has 0 aliphatic heterocycles. The first kappa shape index (κ1) is 20.6. The Morgan fingerprint density at radius 1 is 1.07 bits per heavy atom. The summed E-state index contributed by atoms with van der Waals surface area (Å²) in [6, 6.07) is 10.3. The number of rotatable bonds is 6. The molecule has 5 nitrogen and oxygen atoms in total. The monoisotopic (exact) mass is 426 g/mol. The van der Waals surface area contributed by atoms with Gasteiger partial charge in [0.05, 0.1) is 5.69 Å². The first-order chi connectivity index (χ1) is 13.7. The van der Waals surface area contributed by atoms with E-state index >= 15 is 0 Å². The number of nitrogens with one attached hydrogen (secondary N) is 1. The average Bonchev–Trinajstić information content (AvgIpc) is 3.02. The number of hydrogen-bond acceptors (Lipinski definition) is 5. The van der Waals surface area contributed by atoms with Crippen LogP contribution in [-0.4, -0.2) is 17.3 Å². The Balaban J connectivity index is 1.61. The van der Waals surface area contributed by atoms with Gasteiger partial charge in [0.25, 0.3) is 5.91 Å². The summed E-state index contributed by atoms with van der Waals surface area (Å²) in [4.78, 5) is 17.1. The number of amides is 1. The maximum atomic E-state index is 12.9. The average molecular weight is 426 g/mol. The van der Waals surface area contributed by atoms with Crippen LogP contribution >= 0.6 is 11.3 Å². The Morgan fingerprint density at radius 2 is 1.69 bits per heavy atom. The summed E-state index contributed by atoms with van der Waals surface area (Å²) in [5, 5.41) is 3.14. The van der Waals surface area contributed by atoms with Crippen LogP contribution in [0.3, 0.4) is 0 Å². The highest BCUT2D eigenvalue weighted by Crippen LogP contribution is 2.25. The molecule has 0 saturated carbocycles. The number of alkyl halides is 3. The predicted octanol–water partition coefficient (Wildman–Crippen LogP) is 5.32. The molecule has 0 aliphatic carbocycles. The minimum Gasteiger partial charge on any atom is -0.486 e. The fourth-order valence-electron chi connectivity index (χ4n) is 2.33. The number of halogens is 4. The number of aryl methyl sites for hydroxylation is 1. The highest BCUT2D eigenvalue weighted by atomic mass is 32.1. The van der Waals surface area contributed by atoms with E-state index in [9.17, 15) is 22.4 Å². The summed E-state index contributed by atoms with van der Waals surface area (Å²) in [6.07, 6.45) is -4.78. The van der Waals surface area contributed by atoms with Crippen molar-refractivity contribution in [1.82, 2.24) is 4.98 Å². The Hall–Kier alpha value is -3.14. The molecular weight excluding hydrogens is 412 g/mol. The van der Waals surface area contributed by atoms with Crippen molar-refractivity contribution in [2.24, 2.45) is 0 Å². The minimum atomic E-state index is -4.78. The van der Waals surface area contributed by atoms with Crippen LogP contribution in [-0.2, 0) is 6.61 Å². The molecule has 29 heavy (non-hydrogen) atoms. The maximum Gasteiger partial charge on any atom is 0.573 e. The van der Waals surface area contributed by atoms with Crippen molar-refractivity contribution in [2.45, 2.75) is 19.9 Å². The number of anilines is 1. The fraction of sp³-hybridized carbons (Fsp3) is 0.158. The van der Waals surface area contributed by atoms with Crippen LogP contribution in [0.5, 0.6) is 11.5 Å². The fourth-order valence-corrected chi connectivity index (χ4v) is 3.20. The first-order valence-electron chi connectivity index (χ1n) is 8.21. The third-order valence-corrected chi connectivity index (χ3v) is 4.70. The molecule has 0 fully saturated rings. The lowest BCUT2D eigenvalue weighted by molar-refractivity contribution is -0.274. The number of ether oxygens (including phenoxy) is 2. The molecule has 152 valence electrons. The van der Waals surface area contributed by atoms with Crippen molar-refractivity contribution in [2.75, 3.05) is 5.32 Å². The molecule has 0 bridgehead atoms. The zero-order valence-electron chi connectivity index (χ0n) is 14.9. The number of carbonyl (C=O) groups excluding carboxylic acids is 1. The zero-order valence-corrected chi connectivity index (χ0v) is 15.7. The summed E-state index contributed by atoms with van der Waals surface area (Å²) in [6.45, 7) is 1.76. The number of nitrogens with zero attached hydrogens (tertiary/aromatic N) is 1. The normalized spacial score (nSPS) is 11.2. The molecule has 10 heteroatoms. The second-order valence-corrected chi connectivity index (χ2v) is 6.87. The van der Waals surface area contributed by atoms with Gasteiger partial charge in [0.2, 0.25) is 0 Å². The molecule has 2 aromatic carbocycles. The summed E-state index contributed by atoms with van der Waals surface area (Å²) >= 11 is 1.12. The van der Waals surface area contributed by atoms with E-state index in [2.05, 4.69) is 15.0 Å². The van der Waals surface area contributed by atoms with E-state index in [0.29, 0.717) is 27.0 Å². The predicted molar refractivity (Wildman–Crippen MR) is 98.7 cm³/mol. The number of benzene rings is 2. The minimum absolute atomic E-state index is 0.105. The molecule has 0 atom stereocenters. The summed E-state index contributed by atoms with van der Waals surface area (Å²) in [5.74, 6) is -0.743. The van der Waals surface area contributed by atoms with Crippen molar-refractivity contribution in [3.05, 3.63) is 69.9 Å². The van der Waals surface area contributed by atoms with Gasteiger partial charge >= 0.3 is 6.36 Å². The van der Waals surface area contributed by atoms with Crippen molar-refractivity contribution < 1.29 is 31.8 Å². The Labute approximate surface area is 166 Å². The Bertz CT molecular complexity index is 986. The summed E-state index contributed by atoms with van der Waals surface area (Å²) < 4.78 is 58.7. The van der Waals surface area contributed by atoms with Crippen LogP contribution < -0.4 is 14.8 Å². The van der Waals surface area contributed by atoms with Crippen molar-refractivity contribution in [1.29, 1.82) is 0 Å². The molecule has 1 N–H and O–H groups in total. The SMILES string of the molecule is Cc1nc(COc2ccc(F)cc2)sc1C(=O)Nc1ccc(OC(F)(F)F)cc1. The van der Waals surface area contributed by atoms with E-state index < -0.39 is 12.3 Å². The van der Waals surface area contributed by atoms with Crippen molar-refractivity contribution >= 4 is 22.9 Å². The standard InChI is InChI=1S/C19H14F4N2O3S/c1-11-17(29-16(24-11)10-27-14-6-2-12(20)3-7-14)18(26)25-13-4-8-15(9-5-13)28-19(21,22)23/h2-9H,10H2,1H3,(H,25,26). The van der Waals surface area contributed by atoms with E-state index in [1.54, 1.807) is 6.92 Å².